The van der Waals surface area contributed by atoms with Gasteiger partial charge in [0.15, 0.2) is 0 Å². The molecule has 2 aromatic carbocycles. The maximum Gasteiger partial charge on any atom is 0.278 e. The van der Waals surface area contributed by atoms with E-state index in [2.05, 4.69) is 5.32 Å². The van der Waals surface area contributed by atoms with Gasteiger partial charge in [0.05, 0.1) is 31.0 Å². The van der Waals surface area contributed by atoms with Crippen LogP contribution in [0.4, 0.5) is 5.69 Å². The molecule has 3 rings (SSSR count). The van der Waals surface area contributed by atoms with Crippen molar-refractivity contribution in [1.29, 1.82) is 0 Å². The monoisotopic (exact) mass is 366 g/mol. The van der Waals surface area contributed by atoms with E-state index >= 15 is 0 Å². The van der Waals surface area contributed by atoms with E-state index in [0.717, 1.165) is 0 Å². The van der Waals surface area contributed by atoms with Gasteiger partial charge in [-0.25, -0.2) is 0 Å². The van der Waals surface area contributed by atoms with Crippen LogP contribution in [0.1, 0.15) is 12.5 Å². The number of ether oxygens (including phenoxy) is 2. The summed E-state index contributed by atoms with van der Waals surface area (Å²) >= 11 is 0. The zero-order chi connectivity index (χ0) is 19.2. The summed E-state index contributed by atoms with van der Waals surface area (Å²) in [5.74, 6) is -0.0858. The average molecular weight is 366 g/mol. The molecule has 0 spiro atoms. The molecular weight excluding hydrogens is 344 g/mol. The molecule has 140 valence electrons. The van der Waals surface area contributed by atoms with Gasteiger partial charge in [0, 0.05) is 7.11 Å². The summed E-state index contributed by atoms with van der Waals surface area (Å²) < 4.78 is 10.7. The van der Waals surface area contributed by atoms with Crippen molar-refractivity contribution in [2.24, 2.45) is 0 Å². The Morgan fingerprint density at radius 1 is 0.963 bits per heavy atom. The Morgan fingerprint density at radius 3 is 2.37 bits per heavy atom. The number of para-hydroxylation sites is 2. The zero-order valence-corrected chi connectivity index (χ0v) is 15.4. The Hall–Kier alpha value is -3.12. The van der Waals surface area contributed by atoms with Crippen molar-refractivity contribution in [1.82, 2.24) is 4.90 Å². The lowest BCUT2D eigenvalue weighted by Gasteiger charge is -2.15. The molecule has 0 bridgehead atoms. The minimum Gasteiger partial charge on any atom is -0.492 e. The van der Waals surface area contributed by atoms with Crippen LogP contribution in [0.15, 0.2) is 60.3 Å². The van der Waals surface area contributed by atoms with Gasteiger partial charge in [-0.1, -0.05) is 42.5 Å². The third kappa shape index (κ3) is 3.85. The molecule has 0 radical (unpaired) electrons. The zero-order valence-electron chi connectivity index (χ0n) is 15.4. The molecule has 1 aliphatic heterocycles. The van der Waals surface area contributed by atoms with Crippen LogP contribution in [0.25, 0.3) is 5.57 Å². The molecule has 0 saturated carbocycles. The summed E-state index contributed by atoms with van der Waals surface area (Å²) in [6.45, 7) is 2.86. The first-order valence-electron chi connectivity index (χ1n) is 8.81. The molecule has 0 aromatic heterocycles. The van der Waals surface area contributed by atoms with E-state index in [1.807, 2.05) is 61.5 Å². The predicted molar refractivity (Wildman–Crippen MR) is 103 cm³/mol. The van der Waals surface area contributed by atoms with Crippen LogP contribution in [0.2, 0.25) is 0 Å². The number of rotatable bonds is 8. The lowest BCUT2D eigenvalue weighted by Crippen LogP contribution is -2.35. The first kappa shape index (κ1) is 18.7. The van der Waals surface area contributed by atoms with Gasteiger partial charge in [-0.2, -0.15) is 0 Å². The van der Waals surface area contributed by atoms with Crippen LogP contribution in [-0.4, -0.2) is 43.6 Å². The van der Waals surface area contributed by atoms with E-state index in [-0.39, 0.29) is 30.7 Å². The second-order valence-electron chi connectivity index (χ2n) is 5.92. The van der Waals surface area contributed by atoms with E-state index in [1.165, 1.54) is 12.0 Å². The van der Waals surface area contributed by atoms with Crippen LogP contribution in [-0.2, 0) is 14.3 Å². The summed E-state index contributed by atoms with van der Waals surface area (Å²) in [5.41, 5.74) is 1.92. The topological polar surface area (TPSA) is 67.9 Å². The Morgan fingerprint density at radius 2 is 1.67 bits per heavy atom. The van der Waals surface area contributed by atoms with E-state index in [9.17, 15) is 9.59 Å². The summed E-state index contributed by atoms with van der Waals surface area (Å²) in [7, 11) is 1.54. The van der Waals surface area contributed by atoms with Gasteiger partial charge in [-0.05, 0) is 24.6 Å². The second-order valence-corrected chi connectivity index (χ2v) is 5.92. The highest BCUT2D eigenvalue weighted by Crippen LogP contribution is 2.33. The fourth-order valence-electron chi connectivity index (χ4n) is 2.94. The SMILES string of the molecule is CCOc1ccccc1NC1=C(c2ccccc2)C(=O)N(CCOC)C1=O. The third-order valence-electron chi connectivity index (χ3n) is 4.20. The van der Waals surface area contributed by atoms with Crippen molar-refractivity contribution in [3.05, 3.63) is 65.9 Å². The second kappa shape index (κ2) is 8.51. The molecule has 0 saturated heterocycles. The Balaban J connectivity index is 2.03. The van der Waals surface area contributed by atoms with Crippen molar-refractivity contribution < 1.29 is 19.1 Å². The molecule has 2 aromatic rings. The summed E-state index contributed by atoms with van der Waals surface area (Å²) in [6, 6.07) is 16.5. The Bertz CT molecular complexity index is 861. The van der Waals surface area contributed by atoms with Crippen LogP contribution >= 0.6 is 0 Å². The fourth-order valence-corrected chi connectivity index (χ4v) is 2.94. The number of amides is 2. The number of hydrogen-bond donors (Lipinski definition) is 1. The van der Waals surface area contributed by atoms with Crippen LogP contribution in [0, 0.1) is 0 Å². The van der Waals surface area contributed by atoms with E-state index < -0.39 is 0 Å². The van der Waals surface area contributed by atoms with Gasteiger partial charge >= 0.3 is 0 Å². The Labute approximate surface area is 158 Å². The number of carbonyl (C=O) groups excluding carboxylic acids is 2. The van der Waals surface area contributed by atoms with Gasteiger partial charge in [-0.3, -0.25) is 14.5 Å². The lowest BCUT2D eigenvalue weighted by atomic mass is 10.0. The molecule has 1 heterocycles. The number of imide groups is 1. The van der Waals surface area contributed by atoms with Crippen molar-refractivity contribution in [2.75, 3.05) is 32.2 Å². The molecule has 0 fully saturated rings. The maximum absolute atomic E-state index is 13.0. The fraction of sp³-hybridized carbons (Fsp3) is 0.238. The van der Waals surface area contributed by atoms with Crippen LogP contribution in [0.3, 0.4) is 0 Å². The van der Waals surface area contributed by atoms with E-state index in [4.69, 9.17) is 9.47 Å². The van der Waals surface area contributed by atoms with Gasteiger partial charge in [-0.15, -0.1) is 0 Å². The lowest BCUT2D eigenvalue weighted by molar-refractivity contribution is -0.137. The highest BCUT2D eigenvalue weighted by Gasteiger charge is 2.39. The van der Waals surface area contributed by atoms with Gasteiger partial charge < -0.3 is 14.8 Å². The number of carbonyl (C=O) groups is 2. The van der Waals surface area contributed by atoms with Crippen LogP contribution in [0.5, 0.6) is 5.75 Å². The summed E-state index contributed by atoms with van der Waals surface area (Å²) in [6.07, 6.45) is 0. The molecule has 6 nitrogen and oxygen atoms in total. The van der Waals surface area contributed by atoms with Crippen molar-refractivity contribution in [3.63, 3.8) is 0 Å². The van der Waals surface area contributed by atoms with E-state index in [1.54, 1.807) is 0 Å². The minimum absolute atomic E-state index is 0.197. The first-order valence-corrected chi connectivity index (χ1v) is 8.81. The predicted octanol–water partition coefficient (Wildman–Crippen LogP) is 2.92. The first-order chi connectivity index (χ1) is 13.2. The average Bonchev–Trinajstić information content (AvgIpc) is 2.92. The molecular formula is C21H22N2O4. The third-order valence-corrected chi connectivity index (χ3v) is 4.20. The van der Waals surface area contributed by atoms with Crippen LogP contribution < -0.4 is 10.1 Å². The number of nitrogens with zero attached hydrogens (tertiary/aromatic N) is 1. The smallest absolute Gasteiger partial charge is 0.278 e. The van der Waals surface area contributed by atoms with Gasteiger partial charge in [0.25, 0.3) is 11.8 Å². The summed E-state index contributed by atoms with van der Waals surface area (Å²) in [4.78, 5) is 27.1. The standard InChI is InChI=1S/C21H22N2O4/c1-3-27-17-12-8-7-11-16(17)22-19-18(15-9-5-4-6-10-15)20(24)23(21(19)25)13-14-26-2/h4-12,22H,3,13-14H2,1-2H3. The van der Waals surface area contributed by atoms with Crippen molar-refractivity contribution >= 4 is 23.1 Å². The molecule has 0 atom stereocenters. The molecule has 1 aliphatic rings. The van der Waals surface area contributed by atoms with Crippen molar-refractivity contribution in [2.45, 2.75) is 6.92 Å². The minimum atomic E-state index is -0.373. The highest BCUT2D eigenvalue weighted by atomic mass is 16.5. The van der Waals surface area contributed by atoms with Gasteiger partial charge in [0.2, 0.25) is 0 Å². The quantitative estimate of drug-likeness (QED) is 0.728. The molecule has 27 heavy (non-hydrogen) atoms. The maximum atomic E-state index is 13.0. The summed E-state index contributed by atoms with van der Waals surface area (Å²) in [5, 5.41) is 3.13. The normalized spacial score (nSPS) is 14.1. The number of benzene rings is 2. The number of methoxy groups -OCH3 is 1. The molecule has 1 N–H and O–H groups in total. The number of hydrogen-bond acceptors (Lipinski definition) is 5. The number of nitrogens with one attached hydrogen (secondary N) is 1. The van der Waals surface area contributed by atoms with Crippen molar-refractivity contribution in [3.8, 4) is 5.75 Å². The largest absolute Gasteiger partial charge is 0.492 e. The van der Waals surface area contributed by atoms with E-state index in [0.29, 0.717) is 29.2 Å². The van der Waals surface area contributed by atoms with Gasteiger partial charge in [0.1, 0.15) is 11.4 Å². The highest BCUT2D eigenvalue weighted by molar-refractivity contribution is 6.36. The molecule has 2 amide bonds. The molecule has 6 heteroatoms. The molecule has 0 unspecified atom stereocenters. The molecule has 0 aliphatic carbocycles. The number of anilines is 1. The Kier molecular flexibility index (Phi) is 5.88.